The Morgan fingerprint density at radius 1 is 0.922 bits per heavy atom. The van der Waals surface area contributed by atoms with E-state index in [1.807, 2.05) is 48.5 Å². The quantitative estimate of drug-likeness (QED) is 0.131. The Hall–Kier alpha value is -6.38. The third-order valence-corrected chi connectivity index (χ3v) is 8.40. The molecule has 0 unspecified atom stereocenters. The van der Waals surface area contributed by atoms with Gasteiger partial charge in [0.1, 0.15) is 18.2 Å². The number of carbonyl (C=O) groups is 2. The largest absolute Gasteiger partial charge is 0.478 e. The van der Waals surface area contributed by atoms with Crippen molar-refractivity contribution in [2.75, 3.05) is 20.3 Å². The number of aromatic nitrogens is 3. The molecule has 10 nitrogen and oxygen atoms in total. The highest BCUT2D eigenvalue weighted by molar-refractivity contribution is 5.97. The standard InChI is InChI=1S/C40H34FN5O5/c1-50-20-19-46-36-16-15-31(39(47)43-18-17-26-5-12-30(13-6-26)40(48)49)23-35(36)44-37(46)22-27-7-10-29(11-8-27)34-3-2-4-38(45-34)51-25-32-14-9-28(24-42)21-33(32)41/h2-16,21,23H,17-20,22,25H2,1H3,(H,43,47)(H,48,49). The highest BCUT2D eigenvalue weighted by atomic mass is 19.1. The Morgan fingerprint density at radius 3 is 2.41 bits per heavy atom. The number of carbonyl (C=O) groups excluding carboxylic acids is 1. The minimum absolute atomic E-state index is 0.0182. The number of aromatic carboxylic acids is 1. The molecule has 6 rings (SSSR count). The zero-order valence-corrected chi connectivity index (χ0v) is 27.8. The lowest BCUT2D eigenvalue weighted by Crippen LogP contribution is -2.25. The Morgan fingerprint density at radius 2 is 1.69 bits per heavy atom. The normalized spacial score (nSPS) is 10.9. The highest BCUT2D eigenvalue weighted by Gasteiger charge is 2.15. The van der Waals surface area contributed by atoms with Gasteiger partial charge in [-0.05, 0) is 66.1 Å². The number of carboxylic acids is 1. The van der Waals surface area contributed by atoms with Crippen LogP contribution in [-0.4, -0.2) is 51.8 Å². The molecule has 6 aromatic rings. The van der Waals surface area contributed by atoms with Crippen LogP contribution in [0.15, 0.2) is 103 Å². The van der Waals surface area contributed by atoms with E-state index < -0.39 is 11.8 Å². The molecule has 51 heavy (non-hydrogen) atoms. The lowest BCUT2D eigenvalue weighted by atomic mass is 10.1. The van der Waals surface area contributed by atoms with Gasteiger partial charge in [0.05, 0.1) is 40.5 Å². The molecule has 0 radical (unpaired) electrons. The average molecular weight is 684 g/mol. The topological polar surface area (TPSA) is 139 Å². The summed E-state index contributed by atoms with van der Waals surface area (Å²) in [5.74, 6) is -0.504. The first-order valence-corrected chi connectivity index (χ1v) is 16.3. The fraction of sp³-hybridized carbons (Fsp3) is 0.175. The first kappa shape index (κ1) is 34.5. The van der Waals surface area contributed by atoms with E-state index in [0.717, 1.165) is 28.0 Å². The SMILES string of the molecule is COCCn1c(Cc2ccc(-c3cccc(OCc4ccc(C#N)cc4F)n3)cc2)nc2cc(C(=O)NCCc3ccc(C(=O)O)cc3)ccc21. The van der Waals surface area contributed by atoms with Gasteiger partial charge < -0.3 is 24.5 Å². The third-order valence-electron chi connectivity index (χ3n) is 8.40. The van der Waals surface area contributed by atoms with Crippen molar-refractivity contribution >= 4 is 22.9 Å². The Balaban J connectivity index is 1.12. The molecule has 0 aliphatic heterocycles. The second-order valence-corrected chi connectivity index (χ2v) is 11.8. The highest BCUT2D eigenvalue weighted by Crippen LogP contribution is 2.24. The number of amides is 1. The zero-order chi connectivity index (χ0) is 35.7. The summed E-state index contributed by atoms with van der Waals surface area (Å²) in [6.07, 6.45) is 1.12. The van der Waals surface area contributed by atoms with Crippen LogP contribution in [0.3, 0.4) is 0 Å². The first-order valence-electron chi connectivity index (χ1n) is 16.3. The molecular formula is C40H34FN5O5. The summed E-state index contributed by atoms with van der Waals surface area (Å²) in [7, 11) is 1.65. The number of imidazole rings is 1. The Labute approximate surface area is 293 Å². The molecule has 0 bridgehead atoms. The van der Waals surface area contributed by atoms with Crippen LogP contribution in [0.5, 0.6) is 5.88 Å². The van der Waals surface area contributed by atoms with Gasteiger partial charge in [0.15, 0.2) is 0 Å². The molecule has 4 aromatic carbocycles. The molecule has 0 saturated heterocycles. The molecule has 0 aliphatic rings. The van der Waals surface area contributed by atoms with Gasteiger partial charge in [-0.1, -0.05) is 48.5 Å². The van der Waals surface area contributed by atoms with Crippen LogP contribution in [0.4, 0.5) is 4.39 Å². The van der Waals surface area contributed by atoms with Crippen LogP contribution in [0.1, 0.15) is 48.8 Å². The van der Waals surface area contributed by atoms with Gasteiger partial charge in [0.25, 0.3) is 5.91 Å². The monoisotopic (exact) mass is 683 g/mol. The summed E-state index contributed by atoms with van der Waals surface area (Å²) in [6.45, 7) is 1.47. The third kappa shape index (κ3) is 8.44. The van der Waals surface area contributed by atoms with E-state index in [1.165, 1.54) is 12.1 Å². The van der Waals surface area contributed by atoms with Crippen LogP contribution in [0.25, 0.3) is 22.3 Å². The van der Waals surface area contributed by atoms with Crippen molar-refractivity contribution in [1.29, 1.82) is 5.26 Å². The van der Waals surface area contributed by atoms with Crippen molar-refractivity contribution in [3.8, 4) is 23.2 Å². The lowest BCUT2D eigenvalue weighted by molar-refractivity contribution is 0.0696. The summed E-state index contributed by atoms with van der Waals surface area (Å²) in [6, 6.07) is 31.7. The predicted octanol–water partition coefficient (Wildman–Crippen LogP) is 6.60. The molecule has 0 aliphatic carbocycles. The smallest absolute Gasteiger partial charge is 0.335 e. The van der Waals surface area contributed by atoms with E-state index >= 15 is 0 Å². The molecule has 1 amide bonds. The molecule has 0 spiro atoms. The molecule has 0 saturated carbocycles. The van der Waals surface area contributed by atoms with E-state index in [2.05, 4.69) is 14.9 Å². The van der Waals surface area contributed by atoms with Crippen molar-refractivity contribution < 1.29 is 28.6 Å². The Kier molecular flexibility index (Phi) is 10.7. The maximum Gasteiger partial charge on any atom is 0.335 e. The number of nitrogens with one attached hydrogen (secondary N) is 1. The predicted molar refractivity (Wildman–Crippen MR) is 189 cm³/mol. The average Bonchev–Trinajstić information content (AvgIpc) is 3.49. The fourth-order valence-corrected chi connectivity index (χ4v) is 5.64. The van der Waals surface area contributed by atoms with Crippen LogP contribution >= 0.6 is 0 Å². The number of benzene rings is 4. The van der Waals surface area contributed by atoms with Crippen LogP contribution in [0.2, 0.25) is 0 Å². The van der Waals surface area contributed by atoms with Gasteiger partial charge in [0, 0.05) is 49.4 Å². The fourth-order valence-electron chi connectivity index (χ4n) is 5.64. The molecule has 2 aromatic heterocycles. The van der Waals surface area contributed by atoms with Gasteiger partial charge >= 0.3 is 5.97 Å². The number of hydrogen-bond acceptors (Lipinski definition) is 7. The summed E-state index contributed by atoms with van der Waals surface area (Å²) in [5, 5.41) is 21.0. The van der Waals surface area contributed by atoms with Gasteiger partial charge in [0.2, 0.25) is 5.88 Å². The number of ether oxygens (including phenoxy) is 2. The van der Waals surface area contributed by atoms with Crippen LogP contribution in [-0.2, 0) is 30.7 Å². The van der Waals surface area contributed by atoms with E-state index in [0.29, 0.717) is 60.8 Å². The first-order chi connectivity index (χ1) is 24.8. The summed E-state index contributed by atoms with van der Waals surface area (Å²) < 4.78 is 27.5. The zero-order valence-electron chi connectivity index (χ0n) is 27.8. The number of nitriles is 1. The Bertz CT molecular complexity index is 2230. The number of nitrogens with zero attached hydrogens (tertiary/aromatic N) is 4. The molecule has 0 fully saturated rings. The number of pyridine rings is 1. The maximum absolute atomic E-state index is 14.3. The van der Waals surface area contributed by atoms with Crippen molar-refractivity contribution in [2.24, 2.45) is 0 Å². The van der Waals surface area contributed by atoms with Gasteiger partial charge in [-0.3, -0.25) is 4.79 Å². The number of fused-ring (bicyclic) bond motifs is 1. The van der Waals surface area contributed by atoms with E-state index in [1.54, 1.807) is 55.6 Å². The van der Waals surface area contributed by atoms with Crippen molar-refractivity contribution in [3.05, 3.63) is 148 Å². The van der Waals surface area contributed by atoms with Crippen molar-refractivity contribution in [3.63, 3.8) is 0 Å². The number of hydrogen-bond donors (Lipinski definition) is 2. The van der Waals surface area contributed by atoms with Gasteiger partial charge in [-0.2, -0.15) is 5.26 Å². The summed E-state index contributed by atoms with van der Waals surface area (Å²) >= 11 is 0. The van der Waals surface area contributed by atoms with Crippen molar-refractivity contribution in [1.82, 2.24) is 19.9 Å². The molecule has 0 atom stereocenters. The second-order valence-electron chi connectivity index (χ2n) is 11.8. The number of carboxylic acid groups (broad SMARTS) is 1. The molecule has 11 heteroatoms. The van der Waals surface area contributed by atoms with E-state index in [-0.39, 0.29) is 23.6 Å². The summed E-state index contributed by atoms with van der Waals surface area (Å²) in [4.78, 5) is 33.6. The minimum Gasteiger partial charge on any atom is -0.478 e. The lowest BCUT2D eigenvalue weighted by Gasteiger charge is -2.10. The second kappa shape index (κ2) is 15.9. The minimum atomic E-state index is -0.975. The van der Waals surface area contributed by atoms with E-state index in [9.17, 15) is 14.0 Å². The molecular weight excluding hydrogens is 649 g/mol. The molecule has 2 N–H and O–H groups in total. The van der Waals surface area contributed by atoms with Crippen molar-refractivity contribution in [2.45, 2.75) is 26.0 Å². The molecule has 256 valence electrons. The van der Waals surface area contributed by atoms with Gasteiger partial charge in [-0.25, -0.2) is 19.2 Å². The van der Waals surface area contributed by atoms with Gasteiger partial charge in [-0.15, -0.1) is 0 Å². The summed E-state index contributed by atoms with van der Waals surface area (Å²) in [5.41, 5.74) is 6.45. The maximum atomic E-state index is 14.3. The van der Waals surface area contributed by atoms with Crippen LogP contribution in [0, 0.1) is 17.1 Å². The van der Waals surface area contributed by atoms with E-state index in [4.69, 9.17) is 24.8 Å². The number of rotatable bonds is 14. The molecule has 2 heterocycles. The van der Waals surface area contributed by atoms with Crippen LogP contribution < -0.4 is 10.1 Å². The number of methoxy groups -OCH3 is 1. The number of halogens is 1.